The van der Waals surface area contributed by atoms with Gasteiger partial charge in [0.2, 0.25) is 11.8 Å². The van der Waals surface area contributed by atoms with Gasteiger partial charge in [-0.25, -0.2) is 14.4 Å². The lowest BCUT2D eigenvalue weighted by Crippen LogP contribution is -2.56. The number of carbonyl (C=O) groups excluding carboxylic acids is 5. The van der Waals surface area contributed by atoms with Crippen molar-refractivity contribution in [3.8, 4) is 0 Å². The lowest BCUT2D eigenvalue weighted by Gasteiger charge is -2.29. The molecule has 0 radical (unpaired) electrons. The van der Waals surface area contributed by atoms with Crippen molar-refractivity contribution in [1.82, 2.24) is 20.9 Å². The van der Waals surface area contributed by atoms with Gasteiger partial charge in [-0.1, -0.05) is 60.7 Å². The molecule has 1 heterocycles. The Hall–Kier alpha value is -4.61. The Bertz CT molecular complexity index is 1280. The molecule has 2 aromatic carbocycles. The SMILES string of the molecule is COC(=O)[C@@H]1CCCN1C(=O)C(CCCNC(=O)OCc1ccccc1)NC(=O)[C@H](Cc1ccccc1)NC(=O)OC(C)(C)C. The van der Waals surface area contributed by atoms with Gasteiger partial charge in [-0.2, -0.15) is 0 Å². The monoisotopic (exact) mass is 624 g/mol. The molecule has 0 spiro atoms. The maximum Gasteiger partial charge on any atom is 0.408 e. The van der Waals surface area contributed by atoms with Crippen LogP contribution in [0.15, 0.2) is 60.7 Å². The van der Waals surface area contributed by atoms with Crippen molar-refractivity contribution in [3.05, 3.63) is 71.8 Å². The average Bonchev–Trinajstić information content (AvgIpc) is 3.50. The first-order valence-corrected chi connectivity index (χ1v) is 15.1. The first-order valence-electron chi connectivity index (χ1n) is 15.1. The first kappa shape index (κ1) is 34.9. The largest absolute Gasteiger partial charge is 0.467 e. The second-order valence-electron chi connectivity index (χ2n) is 11.8. The van der Waals surface area contributed by atoms with Gasteiger partial charge >= 0.3 is 18.2 Å². The number of ether oxygens (including phenoxy) is 3. The molecule has 0 aromatic heterocycles. The number of rotatable bonds is 13. The highest BCUT2D eigenvalue weighted by atomic mass is 16.6. The third kappa shape index (κ3) is 11.8. The molecule has 1 saturated heterocycles. The van der Waals surface area contributed by atoms with Gasteiger partial charge in [-0.3, -0.25) is 9.59 Å². The zero-order chi connectivity index (χ0) is 32.8. The van der Waals surface area contributed by atoms with Gasteiger partial charge in [0.15, 0.2) is 0 Å². The number of alkyl carbamates (subject to hydrolysis) is 2. The van der Waals surface area contributed by atoms with E-state index in [-0.39, 0.29) is 26.0 Å². The summed E-state index contributed by atoms with van der Waals surface area (Å²) in [5, 5.41) is 8.10. The van der Waals surface area contributed by atoms with E-state index in [4.69, 9.17) is 14.2 Å². The third-order valence-corrected chi connectivity index (χ3v) is 7.07. The topological polar surface area (TPSA) is 152 Å². The molecule has 1 aliphatic rings. The Labute approximate surface area is 264 Å². The summed E-state index contributed by atoms with van der Waals surface area (Å²) in [6, 6.07) is 15.5. The number of nitrogens with one attached hydrogen (secondary N) is 3. The molecule has 0 aliphatic carbocycles. The van der Waals surface area contributed by atoms with Crippen LogP contribution in [0.5, 0.6) is 0 Å². The minimum absolute atomic E-state index is 0.112. The molecule has 12 heteroatoms. The van der Waals surface area contributed by atoms with E-state index in [0.29, 0.717) is 25.8 Å². The molecular weight excluding hydrogens is 580 g/mol. The number of hydrogen-bond donors (Lipinski definition) is 3. The summed E-state index contributed by atoms with van der Waals surface area (Å²) < 4.78 is 15.5. The van der Waals surface area contributed by atoms with Crippen molar-refractivity contribution >= 4 is 30.0 Å². The molecule has 1 aliphatic heterocycles. The van der Waals surface area contributed by atoms with E-state index >= 15 is 0 Å². The van der Waals surface area contributed by atoms with Crippen LogP contribution in [-0.2, 0) is 41.6 Å². The average molecular weight is 625 g/mol. The highest BCUT2D eigenvalue weighted by molar-refractivity contribution is 5.93. The van der Waals surface area contributed by atoms with Crippen LogP contribution >= 0.6 is 0 Å². The van der Waals surface area contributed by atoms with Gasteiger partial charge in [-0.15, -0.1) is 0 Å². The Balaban J connectivity index is 1.70. The summed E-state index contributed by atoms with van der Waals surface area (Å²) in [7, 11) is 1.27. The number of nitrogens with zero attached hydrogens (tertiary/aromatic N) is 1. The summed E-state index contributed by atoms with van der Waals surface area (Å²) in [5.74, 6) is -1.56. The van der Waals surface area contributed by atoms with E-state index in [1.54, 1.807) is 20.8 Å². The van der Waals surface area contributed by atoms with Crippen LogP contribution in [0.1, 0.15) is 57.6 Å². The fourth-order valence-corrected chi connectivity index (χ4v) is 4.92. The summed E-state index contributed by atoms with van der Waals surface area (Å²) in [5.41, 5.74) is 0.849. The fourth-order valence-electron chi connectivity index (χ4n) is 4.92. The maximum atomic E-state index is 13.8. The standard InChI is InChI=1S/C33H44N4O8/c1-33(2,3)45-32(42)36-26(21-23-13-7-5-8-14-23)28(38)35-25(29(39)37-20-12-18-27(37)30(40)43-4)17-11-19-34-31(41)44-22-24-15-9-6-10-16-24/h5-10,13-16,25-27H,11-12,17-22H2,1-4H3,(H,34,41)(H,35,38)(H,36,42)/t25?,26-,27-/m0/s1. The summed E-state index contributed by atoms with van der Waals surface area (Å²) >= 11 is 0. The van der Waals surface area contributed by atoms with E-state index in [1.807, 2.05) is 60.7 Å². The van der Waals surface area contributed by atoms with Gasteiger partial charge in [0.05, 0.1) is 7.11 Å². The van der Waals surface area contributed by atoms with Gasteiger partial charge in [0.25, 0.3) is 0 Å². The lowest BCUT2D eigenvalue weighted by atomic mass is 10.0. The van der Waals surface area contributed by atoms with Crippen molar-refractivity contribution < 1.29 is 38.2 Å². The molecule has 0 bridgehead atoms. The molecule has 244 valence electrons. The fraction of sp³-hybridized carbons (Fsp3) is 0.485. The molecule has 2 aromatic rings. The number of carbonyl (C=O) groups is 5. The summed E-state index contributed by atoms with van der Waals surface area (Å²) in [6.07, 6.45) is 0.291. The van der Waals surface area contributed by atoms with Crippen LogP contribution in [0, 0.1) is 0 Å². The zero-order valence-corrected chi connectivity index (χ0v) is 26.4. The van der Waals surface area contributed by atoms with E-state index in [9.17, 15) is 24.0 Å². The van der Waals surface area contributed by atoms with Gasteiger partial charge in [-0.05, 0) is 57.6 Å². The van der Waals surface area contributed by atoms with Crippen LogP contribution < -0.4 is 16.0 Å². The quantitative estimate of drug-likeness (QED) is 0.174. The Morgan fingerprint density at radius 1 is 0.889 bits per heavy atom. The van der Waals surface area contributed by atoms with Crippen molar-refractivity contribution in [3.63, 3.8) is 0 Å². The molecule has 0 saturated carbocycles. The Kier molecular flexibility index (Phi) is 13.2. The minimum atomic E-state index is -1.06. The normalized spacial score (nSPS) is 15.7. The van der Waals surface area contributed by atoms with Gasteiger partial charge in [0, 0.05) is 19.5 Å². The van der Waals surface area contributed by atoms with Crippen molar-refractivity contribution in [2.75, 3.05) is 20.2 Å². The molecule has 4 amide bonds. The number of hydrogen-bond acceptors (Lipinski definition) is 8. The van der Waals surface area contributed by atoms with Crippen molar-refractivity contribution in [2.24, 2.45) is 0 Å². The molecule has 3 rings (SSSR count). The van der Waals surface area contributed by atoms with E-state index in [0.717, 1.165) is 11.1 Å². The maximum absolute atomic E-state index is 13.8. The second-order valence-corrected chi connectivity index (χ2v) is 11.8. The first-order chi connectivity index (χ1) is 21.5. The van der Waals surface area contributed by atoms with Crippen LogP contribution in [0.3, 0.4) is 0 Å². The van der Waals surface area contributed by atoms with E-state index in [1.165, 1.54) is 12.0 Å². The molecule has 3 atom stereocenters. The van der Waals surface area contributed by atoms with Gasteiger partial charge in [0.1, 0.15) is 30.3 Å². The van der Waals surface area contributed by atoms with Crippen molar-refractivity contribution in [1.29, 1.82) is 0 Å². The van der Waals surface area contributed by atoms with Crippen molar-refractivity contribution in [2.45, 2.75) is 83.2 Å². The highest BCUT2D eigenvalue weighted by Gasteiger charge is 2.39. The number of amides is 4. The van der Waals surface area contributed by atoms with Crippen LogP contribution in [0.4, 0.5) is 9.59 Å². The molecule has 45 heavy (non-hydrogen) atoms. The number of likely N-dealkylation sites (tertiary alicyclic amines) is 1. The Morgan fingerprint density at radius 3 is 2.16 bits per heavy atom. The second kappa shape index (κ2) is 17.0. The lowest BCUT2D eigenvalue weighted by molar-refractivity contribution is -0.152. The zero-order valence-electron chi connectivity index (χ0n) is 26.4. The van der Waals surface area contributed by atoms with Crippen LogP contribution in [0.2, 0.25) is 0 Å². The number of methoxy groups -OCH3 is 1. The van der Waals surface area contributed by atoms with Crippen LogP contribution in [0.25, 0.3) is 0 Å². The molecule has 1 unspecified atom stereocenters. The molecule has 12 nitrogen and oxygen atoms in total. The van der Waals surface area contributed by atoms with Crippen LogP contribution in [-0.4, -0.2) is 78.8 Å². The third-order valence-electron chi connectivity index (χ3n) is 7.07. The predicted octanol–water partition coefficient (Wildman–Crippen LogP) is 3.48. The number of benzene rings is 2. The predicted molar refractivity (Wildman–Crippen MR) is 166 cm³/mol. The van der Waals surface area contributed by atoms with E-state index < -0.39 is 53.7 Å². The minimum Gasteiger partial charge on any atom is -0.467 e. The Morgan fingerprint density at radius 2 is 1.53 bits per heavy atom. The van der Waals surface area contributed by atoms with E-state index in [2.05, 4.69) is 16.0 Å². The molecule has 3 N–H and O–H groups in total. The highest BCUT2D eigenvalue weighted by Crippen LogP contribution is 2.21. The summed E-state index contributed by atoms with van der Waals surface area (Å²) in [6.45, 7) is 5.77. The molecular formula is C33H44N4O8. The molecule has 1 fully saturated rings. The summed E-state index contributed by atoms with van der Waals surface area (Å²) in [4.78, 5) is 66.1. The number of esters is 1. The smallest absolute Gasteiger partial charge is 0.408 e. The van der Waals surface area contributed by atoms with Gasteiger partial charge < -0.3 is 35.1 Å².